The van der Waals surface area contributed by atoms with Crippen LogP contribution in [0.2, 0.25) is 0 Å². The highest BCUT2D eigenvalue weighted by Gasteiger charge is 2.19. The average Bonchev–Trinajstić information content (AvgIpc) is 3.56. The lowest BCUT2D eigenvalue weighted by Gasteiger charge is -2.18. The molecule has 2 N–H and O–H groups in total. The standard InChI is InChI=1S/C25H21N3OS2/c29-24(13-18-16-31-25(28-18)23-11-6-12-30-23)27-14-20(17-7-2-1-3-8-17)21-15-26-22-10-5-4-9-19(21)22/h1-12,15-16,20,26H,13-14H2,(H,27,29). The van der Waals surface area contributed by atoms with Crippen LogP contribution in [0.4, 0.5) is 0 Å². The second-order valence-corrected chi connectivity index (χ2v) is 9.16. The van der Waals surface area contributed by atoms with Crippen molar-refractivity contribution in [3.05, 3.63) is 101 Å². The van der Waals surface area contributed by atoms with E-state index in [9.17, 15) is 4.79 Å². The van der Waals surface area contributed by atoms with Gasteiger partial charge in [0.15, 0.2) is 0 Å². The van der Waals surface area contributed by atoms with Gasteiger partial charge in [0.25, 0.3) is 0 Å². The number of rotatable bonds is 7. The van der Waals surface area contributed by atoms with Gasteiger partial charge in [0, 0.05) is 34.9 Å². The number of benzene rings is 2. The average molecular weight is 444 g/mol. The quantitative estimate of drug-likeness (QED) is 0.332. The fourth-order valence-corrected chi connectivity index (χ4v) is 5.45. The Morgan fingerprint density at radius 3 is 2.68 bits per heavy atom. The Bertz CT molecular complexity index is 1290. The molecule has 0 aliphatic heterocycles. The normalized spacial score (nSPS) is 12.1. The molecule has 1 amide bonds. The Labute approximate surface area is 188 Å². The van der Waals surface area contributed by atoms with E-state index >= 15 is 0 Å². The van der Waals surface area contributed by atoms with E-state index in [1.807, 2.05) is 47.2 Å². The molecular formula is C25H21N3OS2. The van der Waals surface area contributed by atoms with Crippen LogP contribution in [0, 0.1) is 0 Å². The molecule has 0 saturated carbocycles. The Hall–Kier alpha value is -3.22. The number of carbonyl (C=O) groups excluding carboxylic acids is 1. The summed E-state index contributed by atoms with van der Waals surface area (Å²) < 4.78 is 0. The number of nitrogens with one attached hydrogen (secondary N) is 2. The first-order valence-corrected chi connectivity index (χ1v) is 11.9. The summed E-state index contributed by atoms with van der Waals surface area (Å²) >= 11 is 3.25. The molecule has 0 spiro atoms. The number of amides is 1. The number of nitrogens with zero attached hydrogens (tertiary/aromatic N) is 1. The van der Waals surface area contributed by atoms with E-state index < -0.39 is 0 Å². The van der Waals surface area contributed by atoms with Gasteiger partial charge in [-0.15, -0.1) is 22.7 Å². The molecule has 0 aliphatic rings. The van der Waals surface area contributed by atoms with E-state index in [0.717, 1.165) is 21.1 Å². The van der Waals surface area contributed by atoms with Gasteiger partial charge in [-0.1, -0.05) is 54.6 Å². The SMILES string of the molecule is O=C(Cc1csc(-c2cccs2)n1)NCC(c1ccccc1)c1c[nH]c2ccccc12. The van der Waals surface area contributed by atoms with Crippen LogP contribution in [-0.4, -0.2) is 22.4 Å². The number of aromatic nitrogens is 2. The number of thiophene rings is 1. The molecule has 3 aromatic heterocycles. The van der Waals surface area contributed by atoms with Gasteiger partial charge in [0.2, 0.25) is 5.91 Å². The minimum absolute atomic E-state index is 0.0104. The maximum Gasteiger partial charge on any atom is 0.226 e. The fourth-order valence-electron chi connectivity index (χ4n) is 3.82. The van der Waals surface area contributed by atoms with Gasteiger partial charge in [-0.2, -0.15) is 0 Å². The Kier molecular flexibility index (Phi) is 5.65. The Balaban J connectivity index is 1.32. The zero-order valence-electron chi connectivity index (χ0n) is 16.7. The van der Waals surface area contributed by atoms with Crippen molar-refractivity contribution in [3.63, 3.8) is 0 Å². The smallest absolute Gasteiger partial charge is 0.226 e. The summed E-state index contributed by atoms with van der Waals surface area (Å²) in [6.45, 7) is 0.534. The molecule has 0 radical (unpaired) electrons. The van der Waals surface area contributed by atoms with Crippen LogP contribution < -0.4 is 5.32 Å². The van der Waals surface area contributed by atoms with Gasteiger partial charge in [0.1, 0.15) is 5.01 Å². The molecule has 3 heterocycles. The van der Waals surface area contributed by atoms with Crippen molar-refractivity contribution in [1.82, 2.24) is 15.3 Å². The van der Waals surface area contributed by atoms with Crippen molar-refractivity contribution in [2.24, 2.45) is 0 Å². The lowest BCUT2D eigenvalue weighted by molar-refractivity contribution is -0.120. The van der Waals surface area contributed by atoms with Crippen molar-refractivity contribution in [3.8, 4) is 9.88 Å². The van der Waals surface area contributed by atoms with E-state index in [4.69, 9.17) is 0 Å². The van der Waals surface area contributed by atoms with Crippen molar-refractivity contribution in [2.45, 2.75) is 12.3 Å². The van der Waals surface area contributed by atoms with E-state index in [1.54, 1.807) is 22.7 Å². The first kappa shape index (κ1) is 19.7. The topological polar surface area (TPSA) is 57.8 Å². The number of aromatic amines is 1. The summed E-state index contributed by atoms with van der Waals surface area (Å²) in [5.41, 5.74) is 4.29. The highest BCUT2D eigenvalue weighted by Crippen LogP contribution is 2.31. The maximum absolute atomic E-state index is 12.7. The molecule has 2 aromatic carbocycles. The number of para-hydroxylation sites is 1. The van der Waals surface area contributed by atoms with Crippen LogP contribution in [0.5, 0.6) is 0 Å². The summed E-state index contributed by atoms with van der Waals surface area (Å²) in [6.07, 6.45) is 2.35. The number of H-pyrrole nitrogens is 1. The van der Waals surface area contributed by atoms with E-state index in [-0.39, 0.29) is 18.2 Å². The lowest BCUT2D eigenvalue weighted by atomic mass is 9.91. The molecule has 154 valence electrons. The number of hydrogen-bond donors (Lipinski definition) is 2. The largest absolute Gasteiger partial charge is 0.361 e. The molecule has 0 fully saturated rings. The number of hydrogen-bond acceptors (Lipinski definition) is 4. The fraction of sp³-hybridized carbons (Fsp3) is 0.120. The number of fused-ring (bicyclic) bond motifs is 1. The predicted molar refractivity (Wildman–Crippen MR) is 129 cm³/mol. The van der Waals surface area contributed by atoms with Crippen LogP contribution in [0.25, 0.3) is 20.8 Å². The second-order valence-electron chi connectivity index (χ2n) is 7.36. The zero-order chi connectivity index (χ0) is 21.0. The third-order valence-electron chi connectivity index (χ3n) is 5.33. The van der Waals surface area contributed by atoms with E-state index in [2.05, 4.69) is 51.8 Å². The third kappa shape index (κ3) is 4.31. The third-order valence-corrected chi connectivity index (χ3v) is 7.26. The van der Waals surface area contributed by atoms with Gasteiger partial charge in [-0.05, 0) is 28.6 Å². The Morgan fingerprint density at radius 1 is 1.00 bits per heavy atom. The van der Waals surface area contributed by atoms with Crippen molar-refractivity contribution >= 4 is 39.5 Å². The molecule has 5 aromatic rings. The minimum atomic E-state index is -0.0104. The van der Waals surface area contributed by atoms with E-state index in [0.29, 0.717) is 6.54 Å². The second kappa shape index (κ2) is 8.88. The van der Waals surface area contributed by atoms with Crippen LogP contribution in [0.3, 0.4) is 0 Å². The van der Waals surface area contributed by atoms with Crippen molar-refractivity contribution in [2.75, 3.05) is 6.54 Å². The summed E-state index contributed by atoms with van der Waals surface area (Å²) in [5.74, 6) is 0.0576. The van der Waals surface area contributed by atoms with Crippen molar-refractivity contribution < 1.29 is 4.79 Å². The summed E-state index contributed by atoms with van der Waals surface area (Å²) in [5, 5.41) is 9.31. The first-order chi connectivity index (χ1) is 15.3. The van der Waals surface area contributed by atoms with Gasteiger partial charge in [-0.3, -0.25) is 4.79 Å². The van der Waals surface area contributed by atoms with Gasteiger partial charge in [0.05, 0.1) is 17.0 Å². The molecule has 4 nitrogen and oxygen atoms in total. The molecule has 0 saturated heterocycles. The summed E-state index contributed by atoms with van der Waals surface area (Å²) in [7, 11) is 0. The number of carbonyl (C=O) groups is 1. The molecule has 1 unspecified atom stereocenters. The zero-order valence-corrected chi connectivity index (χ0v) is 18.4. The first-order valence-electron chi connectivity index (χ1n) is 10.1. The number of thiazole rings is 1. The van der Waals surface area contributed by atoms with Crippen LogP contribution >= 0.6 is 22.7 Å². The summed E-state index contributed by atoms with van der Waals surface area (Å²) in [6, 6.07) is 22.7. The predicted octanol–water partition coefficient (Wildman–Crippen LogP) is 5.84. The molecule has 0 aliphatic carbocycles. The molecule has 0 bridgehead atoms. The minimum Gasteiger partial charge on any atom is -0.361 e. The maximum atomic E-state index is 12.7. The highest BCUT2D eigenvalue weighted by molar-refractivity contribution is 7.20. The van der Waals surface area contributed by atoms with Crippen LogP contribution in [-0.2, 0) is 11.2 Å². The lowest BCUT2D eigenvalue weighted by Crippen LogP contribution is -2.30. The molecule has 31 heavy (non-hydrogen) atoms. The summed E-state index contributed by atoms with van der Waals surface area (Å²) in [4.78, 5) is 21.9. The van der Waals surface area contributed by atoms with Crippen LogP contribution in [0.1, 0.15) is 22.7 Å². The molecule has 1 atom stereocenters. The van der Waals surface area contributed by atoms with Gasteiger partial charge >= 0.3 is 0 Å². The Morgan fingerprint density at radius 2 is 1.84 bits per heavy atom. The van der Waals surface area contributed by atoms with Gasteiger partial charge in [-0.25, -0.2) is 4.98 Å². The highest BCUT2D eigenvalue weighted by atomic mass is 32.1. The molecular weight excluding hydrogens is 422 g/mol. The monoisotopic (exact) mass is 443 g/mol. The molecule has 6 heteroatoms. The van der Waals surface area contributed by atoms with Crippen molar-refractivity contribution in [1.29, 1.82) is 0 Å². The van der Waals surface area contributed by atoms with E-state index in [1.165, 1.54) is 16.5 Å². The van der Waals surface area contributed by atoms with Crippen LogP contribution in [0.15, 0.2) is 83.7 Å². The molecule has 5 rings (SSSR count). The van der Waals surface area contributed by atoms with Gasteiger partial charge < -0.3 is 10.3 Å².